The number of anilines is 2. The van der Waals surface area contributed by atoms with Crippen molar-refractivity contribution in [3.05, 3.63) is 59.4 Å². The Labute approximate surface area is 117 Å². The van der Waals surface area contributed by atoms with E-state index in [1.165, 1.54) is 12.1 Å². The van der Waals surface area contributed by atoms with Gasteiger partial charge in [-0.25, -0.2) is 4.39 Å². The molecule has 0 radical (unpaired) electrons. The van der Waals surface area contributed by atoms with Crippen LogP contribution in [0.1, 0.15) is 22.8 Å². The first-order valence-corrected chi connectivity index (χ1v) is 6.47. The minimum atomic E-state index is -0.326. The van der Waals surface area contributed by atoms with E-state index in [0.29, 0.717) is 23.5 Å². The number of nitrogen functional groups attached to an aromatic ring is 1. The van der Waals surface area contributed by atoms with Gasteiger partial charge >= 0.3 is 0 Å². The number of carbonyl (C=O) groups is 1. The highest BCUT2D eigenvalue weighted by atomic mass is 19.1. The number of nitrogens with zero attached hydrogens (tertiary/aromatic N) is 1. The molecule has 2 aromatic rings. The number of aryl methyl sites for hydroxylation is 1. The Balaban J connectivity index is 2.42. The zero-order valence-corrected chi connectivity index (χ0v) is 11.6. The molecule has 20 heavy (non-hydrogen) atoms. The molecule has 0 aliphatic heterocycles. The summed E-state index contributed by atoms with van der Waals surface area (Å²) < 4.78 is 13.0. The van der Waals surface area contributed by atoms with Crippen molar-refractivity contribution in [1.29, 1.82) is 0 Å². The summed E-state index contributed by atoms with van der Waals surface area (Å²) in [4.78, 5) is 14.2. The van der Waals surface area contributed by atoms with Crippen LogP contribution in [-0.2, 0) is 0 Å². The number of carbonyl (C=O) groups excluding carboxylic acids is 1. The van der Waals surface area contributed by atoms with E-state index in [2.05, 4.69) is 0 Å². The summed E-state index contributed by atoms with van der Waals surface area (Å²) in [5.41, 5.74) is 8.35. The van der Waals surface area contributed by atoms with E-state index in [1.807, 2.05) is 26.0 Å². The van der Waals surface area contributed by atoms with Crippen molar-refractivity contribution in [3.63, 3.8) is 0 Å². The second-order valence-electron chi connectivity index (χ2n) is 4.56. The largest absolute Gasteiger partial charge is 0.398 e. The van der Waals surface area contributed by atoms with Crippen LogP contribution < -0.4 is 10.6 Å². The molecule has 0 saturated heterocycles. The number of amides is 1. The lowest BCUT2D eigenvalue weighted by atomic mass is 10.0. The Hall–Kier alpha value is -2.36. The Kier molecular flexibility index (Phi) is 4.03. The zero-order valence-electron chi connectivity index (χ0n) is 11.6. The average molecular weight is 272 g/mol. The van der Waals surface area contributed by atoms with E-state index in [1.54, 1.807) is 23.1 Å². The topological polar surface area (TPSA) is 46.3 Å². The third-order valence-electron chi connectivity index (χ3n) is 3.22. The zero-order chi connectivity index (χ0) is 14.7. The highest BCUT2D eigenvalue weighted by Crippen LogP contribution is 2.23. The van der Waals surface area contributed by atoms with Gasteiger partial charge in [-0.1, -0.05) is 12.1 Å². The molecule has 0 unspecified atom stereocenters. The summed E-state index contributed by atoms with van der Waals surface area (Å²) in [6.45, 7) is 4.20. The van der Waals surface area contributed by atoms with E-state index < -0.39 is 0 Å². The first kappa shape index (κ1) is 14.1. The van der Waals surface area contributed by atoms with E-state index >= 15 is 0 Å². The quantitative estimate of drug-likeness (QED) is 0.871. The van der Waals surface area contributed by atoms with Crippen molar-refractivity contribution < 1.29 is 9.18 Å². The van der Waals surface area contributed by atoms with E-state index in [-0.39, 0.29) is 11.7 Å². The van der Waals surface area contributed by atoms with Gasteiger partial charge in [-0.3, -0.25) is 4.79 Å². The summed E-state index contributed by atoms with van der Waals surface area (Å²) in [6.07, 6.45) is 0. The fourth-order valence-corrected chi connectivity index (χ4v) is 2.18. The molecule has 0 aromatic heterocycles. The Morgan fingerprint density at radius 1 is 1.20 bits per heavy atom. The molecule has 0 saturated carbocycles. The van der Waals surface area contributed by atoms with Crippen LogP contribution in [0.4, 0.5) is 15.8 Å². The summed E-state index contributed by atoms with van der Waals surface area (Å²) >= 11 is 0. The van der Waals surface area contributed by atoms with Gasteiger partial charge in [-0.2, -0.15) is 0 Å². The molecule has 0 heterocycles. The number of halogens is 1. The van der Waals surface area contributed by atoms with Crippen molar-refractivity contribution in [3.8, 4) is 0 Å². The number of benzene rings is 2. The Morgan fingerprint density at radius 3 is 2.40 bits per heavy atom. The van der Waals surface area contributed by atoms with Gasteiger partial charge in [-0.15, -0.1) is 0 Å². The average Bonchev–Trinajstić information content (AvgIpc) is 2.41. The minimum absolute atomic E-state index is 0.172. The predicted octanol–water partition coefficient (Wildman–Crippen LogP) is 3.38. The smallest absolute Gasteiger partial charge is 0.260 e. The molecule has 3 nitrogen and oxygen atoms in total. The van der Waals surface area contributed by atoms with Crippen molar-refractivity contribution in [2.24, 2.45) is 0 Å². The molecule has 0 aliphatic rings. The SMILES string of the molecule is CCN(C(=O)c1c(C)cccc1N)c1ccc(F)cc1. The van der Waals surface area contributed by atoms with Gasteiger partial charge in [-0.05, 0) is 49.7 Å². The van der Waals surface area contributed by atoms with Crippen molar-refractivity contribution in [2.75, 3.05) is 17.2 Å². The van der Waals surface area contributed by atoms with Gasteiger partial charge in [0.2, 0.25) is 0 Å². The molecule has 0 fully saturated rings. The van der Waals surface area contributed by atoms with Gasteiger partial charge in [0.05, 0.1) is 5.56 Å². The van der Waals surface area contributed by atoms with Gasteiger partial charge in [0.25, 0.3) is 5.91 Å². The standard InChI is InChI=1S/C16H17FN2O/c1-3-19(13-9-7-12(17)8-10-13)16(20)15-11(2)5-4-6-14(15)18/h4-10H,3,18H2,1-2H3. The molecule has 0 aliphatic carbocycles. The number of hydrogen-bond donors (Lipinski definition) is 1. The maximum atomic E-state index is 13.0. The van der Waals surface area contributed by atoms with Crippen molar-refractivity contribution in [1.82, 2.24) is 0 Å². The molecule has 1 amide bonds. The van der Waals surface area contributed by atoms with Crippen LogP contribution in [0, 0.1) is 12.7 Å². The van der Waals surface area contributed by atoms with E-state index in [0.717, 1.165) is 5.56 Å². The molecule has 0 atom stereocenters. The lowest BCUT2D eigenvalue weighted by molar-refractivity contribution is 0.0988. The number of rotatable bonds is 3. The minimum Gasteiger partial charge on any atom is -0.398 e. The highest BCUT2D eigenvalue weighted by molar-refractivity contribution is 6.10. The molecule has 0 bridgehead atoms. The fraction of sp³-hybridized carbons (Fsp3) is 0.188. The summed E-state index contributed by atoms with van der Waals surface area (Å²) in [5.74, 6) is -0.498. The normalized spacial score (nSPS) is 10.3. The fourth-order valence-electron chi connectivity index (χ4n) is 2.18. The van der Waals surface area contributed by atoms with Crippen LogP contribution in [0.25, 0.3) is 0 Å². The van der Waals surface area contributed by atoms with E-state index in [9.17, 15) is 9.18 Å². The Morgan fingerprint density at radius 2 is 1.85 bits per heavy atom. The number of nitrogens with two attached hydrogens (primary N) is 1. The third kappa shape index (κ3) is 2.64. The molecular formula is C16H17FN2O. The molecule has 0 spiro atoms. The van der Waals surface area contributed by atoms with Gasteiger partial charge in [0, 0.05) is 17.9 Å². The molecule has 2 aromatic carbocycles. The van der Waals surface area contributed by atoms with E-state index in [4.69, 9.17) is 5.73 Å². The van der Waals surface area contributed by atoms with Crippen LogP contribution in [0.3, 0.4) is 0 Å². The highest BCUT2D eigenvalue weighted by Gasteiger charge is 2.20. The lowest BCUT2D eigenvalue weighted by Gasteiger charge is -2.22. The lowest BCUT2D eigenvalue weighted by Crippen LogP contribution is -2.31. The van der Waals surface area contributed by atoms with Crippen LogP contribution >= 0.6 is 0 Å². The predicted molar refractivity (Wildman–Crippen MR) is 79.3 cm³/mol. The summed E-state index contributed by atoms with van der Waals surface area (Å²) in [7, 11) is 0. The summed E-state index contributed by atoms with van der Waals surface area (Å²) in [6, 6.07) is 11.2. The van der Waals surface area contributed by atoms with Crippen LogP contribution in [0.5, 0.6) is 0 Å². The van der Waals surface area contributed by atoms with Crippen LogP contribution in [0.2, 0.25) is 0 Å². The number of hydrogen-bond acceptors (Lipinski definition) is 2. The third-order valence-corrected chi connectivity index (χ3v) is 3.22. The second-order valence-corrected chi connectivity index (χ2v) is 4.56. The molecule has 2 N–H and O–H groups in total. The van der Waals surface area contributed by atoms with Crippen LogP contribution in [-0.4, -0.2) is 12.5 Å². The van der Waals surface area contributed by atoms with Crippen molar-refractivity contribution in [2.45, 2.75) is 13.8 Å². The molecular weight excluding hydrogens is 255 g/mol. The van der Waals surface area contributed by atoms with Gasteiger partial charge in [0.15, 0.2) is 0 Å². The van der Waals surface area contributed by atoms with Crippen LogP contribution in [0.15, 0.2) is 42.5 Å². The first-order chi connectivity index (χ1) is 9.54. The van der Waals surface area contributed by atoms with Crippen molar-refractivity contribution >= 4 is 17.3 Å². The maximum Gasteiger partial charge on any atom is 0.260 e. The maximum absolute atomic E-state index is 13.0. The van der Waals surface area contributed by atoms with Gasteiger partial charge < -0.3 is 10.6 Å². The first-order valence-electron chi connectivity index (χ1n) is 6.47. The Bertz CT molecular complexity index is 603. The second kappa shape index (κ2) is 5.74. The molecule has 4 heteroatoms. The monoisotopic (exact) mass is 272 g/mol. The summed E-state index contributed by atoms with van der Waals surface area (Å²) in [5, 5.41) is 0. The van der Waals surface area contributed by atoms with Gasteiger partial charge in [0.1, 0.15) is 5.82 Å². The molecule has 104 valence electrons. The molecule has 2 rings (SSSR count).